The maximum atomic E-state index is 12.3. The van der Waals surface area contributed by atoms with Gasteiger partial charge in [-0.2, -0.15) is 0 Å². The first-order valence-corrected chi connectivity index (χ1v) is 8.38. The van der Waals surface area contributed by atoms with Crippen LogP contribution in [0.5, 0.6) is 0 Å². The molecule has 1 aromatic heterocycles. The van der Waals surface area contributed by atoms with Gasteiger partial charge in [0.05, 0.1) is 6.54 Å². The van der Waals surface area contributed by atoms with E-state index in [-0.39, 0.29) is 17.9 Å². The second kappa shape index (κ2) is 7.75. The van der Waals surface area contributed by atoms with Gasteiger partial charge in [-0.15, -0.1) is 0 Å². The fraction of sp³-hybridized carbons (Fsp3) is 0.611. The van der Waals surface area contributed by atoms with Crippen LogP contribution in [0.25, 0.3) is 0 Å². The first-order chi connectivity index (χ1) is 11.3. The van der Waals surface area contributed by atoms with Crippen molar-refractivity contribution in [1.82, 2.24) is 14.8 Å². The van der Waals surface area contributed by atoms with Crippen molar-refractivity contribution in [3.63, 3.8) is 0 Å². The van der Waals surface area contributed by atoms with E-state index in [0.29, 0.717) is 25.3 Å². The number of Topliss-reactive ketones (excluding diaryl/α,β-unsaturated/α-hetero) is 1. The average molecular weight is 333 g/mol. The van der Waals surface area contributed by atoms with Gasteiger partial charge in [-0.3, -0.25) is 14.7 Å². The zero-order valence-electron chi connectivity index (χ0n) is 15.0. The van der Waals surface area contributed by atoms with Crippen molar-refractivity contribution in [3.05, 3.63) is 30.1 Å². The monoisotopic (exact) mass is 333 g/mol. The van der Waals surface area contributed by atoms with E-state index in [9.17, 15) is 9.59 Å². The van der Waals surface area contributed by atoms with Crippen LogP contribution in [0, 0.1) is 0 Å². The Morgan fingerprint density at radius 1 is 1.38 bits per heavy atom. The number of ketones is 1. The molecule has 1 fully saturated rings. The molecule has 0 saturated carbocycles. The van der Waals surface area contributed by atoms with Gasteiger partial charge in [-0.25, -0.2) is 4.79 Å². The molecule has 2 heterocycles. The molecule has 1 saturated heterocycles. The molecule has 1 amide bonds. The third-order valence-electron chi connectivity index (χ3n) is 4.02. The van der Waals surface area contributed by atoms with Crippen LogP contribution >= 0.6 is 0 Å². The number of amides is 1. The molecule has 1 aliphatic rings. The minimum Gasteiger partial charge on any atom is -0.444 e. The summed E-state index contributed by atoms with van der Waals surface area (Å²) in [5, 5.41) is 0. The molecule has 1 atom stereocenters. The van der Waals surface area contributed by atoms with Gasteiger partial charge in [-0.1, -0.05) is 6.07 Å². The van der Waals surface area contributed by atoms with Crippen molar-refractivity contribution < 1.29 is 14.3 Å². The number of pyridine rings is 1. The molecule has 1 aromatic rings. The average Bonchev–Trinajstić information content (AvgIpc) is 2.54. The van der Waals surface area contributed by atoms with Crippen molar-refractivity contribution in [2.24, 2.45) is 0 Å². The summed E-state index contributed by atoms with van der Waals surface area (Å²) in [6, 6.07) is 5.48. The molecule has 132 valence electrons. The first kappa shape index (κ1) is 18.4. The van der Waals surface area contributed by atoms with Crippen LogP contribution in [-0.2, 0) is 4.74 Å². The van der Waals surface area contributed by atoms with E-state index in [0.717, 1.165) is 12.8 Å². The summed E-state index contributed by atoms with van der Waals surface area (Å²) in [5.41, 5.74) is -0.0191. The predicted octanol–water partition coefficient (Wildman–Crippen LogP) is 2.60. The van der Waals surface area contributed by atoms with E-state index in [1.807, 2.05) is 38.8 Å². The number of carbonyl (C=O) groups is 2. The molecule has 1 unspecified atom stereocenters. The molecule has 24 heavy (non-hydrogen) atoms. The highest BCUT2D eigenvalue weighted by molar-refractivity contribution is 5.95. The van der Waals surface area contributed by atoms with Crippen LogP contribution in [0.4, 0.5) is 4.79 Å². The Morgan fingerprint density at radius 3 is 2.75 bits per heavy atom. The highest BCUT2D eigenvalue weighted by Gasteiger charge is 2.30. The molecule has 6 heteroatoms. The number of likely N-dealkylation sites (N-methyl/N-ethyl adjacent to an activating group) is 1. The first-order valence-electron chi connectivity index (χ1n) is 8.38. The Morgan fingerprint density at radius 2 is 2.12 bits per heavy atom. The summed E-state index contributed by atoms with van der Waals surface area (Å²) in [4.78, 5) is 32.4. The second-order valence-corrected chi connectivity index (χ2v) is 7.28. The summed E-state index contributed by atoms with van der Waals surface area (Å²) in [5.74, 6) is -0.00695. The normalized spacial score (nSPS) is 18.5. The molecule has 0 bridgehead atoms. The lowest BCUT2D eigenvalue weighted by Crippen LogP contribution is -2.50. The zero-order valence-corrected chi connectivity index (χ0v) is 15.0. The fourth-order valence-corrected chi connectivity index (χ4v) is 2.77. The van der Waals surface area contributed by atoms with Gasteiger partial charge >= 0.3 is 6.09 Å². The Hall–Kier alpha value is -1.95. The third-order valence-corrected chi connectivity index (χ3v) is 4.02. The summed E-state index contributed by atoms with van der Waals surface area (Å²) >= 11 is 0. The SMILES string of the molecule is CN(CC(=O)c1ccccn1)C1CCCN(C(=O)OC(C)(C)C)C1. The molecule has 6 nitrogen and oxygen atoms in total. The van der Waals surface area contributed by atoms with Crippen LogP contribution in [0.15, 0.2) is 24.4 Å². The zero-order chi connectivity index (χ0) is 17.7. The van der Waals surface area contributed by atoms with Gasteiger partial charge in [0.2, 0.25) is 0 Å². The van der Waals surface area contributed by atoms with Gasteiger partial charge in [0.25, 0.3) is 0 Å². The molecule has 1 aliphatic heterocycles. The highest BCUT2D eigenvalue weighted by atomic mass is 16.6. The minimum atomic E-state index is -0.495. The van der Waals surface area contributed by atoms with Crippen LogP contribution in [0.1, 0.15) is 44.1 Å². The maximum Gasteiger partial charge on any atom is 0.410 e. The van der Waals surface area contributed by atoms with Crippen LogP contribution in [-0.4, -0.2) is 65.0 Å². The quantitative estimate of drug-likeness (QED) is 0.793. The number of hydrogen-bond acceptors (Lipinski definition) is 5. The van der Waals surface area contributed by atoms with E-state index in [1.165, 1.54) is 0 Å². The van der Waals surface area contributed by atoms with Crippen molar-refractivity contribution in [2.45, 2.75) is 45.3 Å². The number of hydrogen-bond donors (Lipinski definition) is 0. The van der Waals surface area contributed by atoms with E-state index in [4.69, 9.17) is 4.74 Å². The molecule has 0 aromatic carbocycles. The lowest BCUT2D eigenvalue weighted by molar-refractivity contribution is 0.0129. The summed E-state index contributed by atoms with van der Waals surface area (Å²) < 4.78 is 5.45. The Bertz CT molecular complexity index is 569. The molecule has 0 aliphatic carbocycles. The molecular weight excluding hydrogens is 306 g/mol. The molecule has 2 rings (SSSR count). The second-order valence-electron chi connectivity index (χ2n) is 7.28. The van der Waals surface area contributed by atoms with E-state index >= 15 is 0 Å². The number of aromatic nitrogens is 1. The Balaban J connectivity index is 1.91. The number of likely N-dealkylation sites (tertiary alicyclic amines) is 1. The van der Waals surface area contributed by atoms with Crippen LogP contribution in [0.2, 0.25) is 0 Å². The fourth-order valence-electron chi connectivity index (χ4n) is 2.77. The number of carbonyl (C=O) groups excluding carboxylic acids is 2. The molecule has 0 N–H and O–H groups in total. The smallest absolute Gasteiger partial charge is 0.410 e. The van der Waals surface area contributed by atoms with Crippen molar-refractivity contribution >= 4 is 11.9 Å². The standard InChI is InChI=1S/C18H27N3O3/c1-18(2,3)24-17(23)21-11-7-8-14(12-21)20(4)13-16(22)15-9-5-6-10-19-15/h5-6,9-10,14H,7-8,11-13H2,1-4H3. The lowest BCUT2D eigenvalue weighted by Gasteiger charge is -2.37. The van der Waals surface area contributed by atoms with Gasteiger partial charge in [0.1, 0.15) is 11.3 Å². The highest BCUT2D eigenvalue weighted by Crippen LogP contribution is 2.18. The van der Waals surface area contributed by atoms with E-state index in [1.54, 1.807) is 23.2 Å². The summed E-state index contributed by atoms with van der Waals surface area (Å²) in [7, 11) is 1.92. The van der Waals surface area contributed by atoms with Gasteiger partial charge < -0.3 is 9.64 Å². The van der Waals surface area contributed by atoms with Crippen LogP contribution in [0.3, 0.4) is 0 Å². The summed E-state index contributed by atoms with van der Waals surface area (Å²) in [6.45, 7) is 7.18. The van der Waals surface area contributed by atoms with Crippen LogP contribution < -0.4 is 0 Å². The molecular formula is C18H27N3O3. The predicted molar refractivity (Wildman–Crippen MR) is 92.0 cm³/mol. The minimum absolute atomic E-state index is 0.00695. The molecule has 0 radical (unpaired) electrons. The summed E-state index contributed by atoms with van der Waals surface area (Å²) in [6.07, 6.45) is 3.21. The van der Waals surface area contributed by atoms with Crippen molar-refractivity contribution in [3.8, 4) is 0 Å². The number of rotatable bonds is 4. The van der Waals surface area contributed by atoms with E-state index < -0.39 is 5.60 Å². The number of piperidine rings is 1. The molecule has 0 spiro atoms. The Kier molecular flexibility index (Phi) is 5.94. The maximum absolute atomic E-state index is 12.3. The van der Waals surface area contributed by atoms with Crippen molar-refractivity contribution in [2.75, 3.05) is 26.7 Å². The topological polar surface area (TPSA) is 62.7 Å². The van der Waals surface area contributed by atoms with Gasteiger partial charge in [0.15, 0.2) is 5.78 Å². The van der Waals surface area contributed by atoms with Gasteiger partial charge in [-0.05, 0) is 52.8 Å². The van der Waals surface area contributed by atoms with Crippen molar-refractivity contribution in [1.29, 1.82) is 0 Å². The largest absolute Gasteiger partial charge is 0.444 e. The number of ether oxygens (including phenoxy) is 1. The lowest BCUT2D eigenvalue weighted by atomic mass is 10.0. The van der Waals surface area contributed by atoms with E-state index in [2.05, 4.69) is 4.98 Å². The Labute approximate surface area is 143 Å². The van der Waals surface area contributed by atoms with Gasteiger partial charge in [0, 0.05) is 25.3 Å². The third kappa shape index (κ3) is 5.30. The number of nitrogens with zero attached hydrogens (tertiary/aromatic N) is 3.